The summed E-state index contributed by atoms with van der Waals surface area (Å²) in [7, 11) is 1.67. The highest BCUT2D eigenvalue weighted by atomic mass is 16.3. The lowest BCUT2D eigenvalue weighted by atomic mass is 10.1. The molecule has 0 radical (unpaired) electrons. The van der Waals surface area contributed by atoms with Crippen molar-refractivity contribution in [1.82, 2.24) is 14.4 Å². The van der Waals surface area contributed by atoms with E-state index in [1.54, 1.807) is 13.3 Å². The summed E-state index contributed by atoms with van der Waals surface area (Å²) >= 11 is 0. The number of fused-ring (bicyclic) bond motifs is 3. The van der Waals surface area contributed by atoms with E-state index in [4.69, 9.17) is 9.41 Å². The first-order valence-electron chi connectivity index (χ1n) is 9.82. The number of nitrogens with zero attached hydrogens (tertiary/aromatic N) is 5. The van der Waals surface area contributed by atoms with E-state index in [1.165, 1.54) is 9.80 Å². The highest BCUT2D eigenvalue weighted by molar-refractivity contribution is 6.20. The molecule has 2 aliphatic rings. The molecule has 8 heteroatoms. The van der Waals surface area contributed by atoms with Gasteiger partial charge in [0.2, 0.25) is 11.9 Å². The predicted molar refractivity (Wildman–Crippen MR) is 108 cm³/mol. The molecule has 5 rings (SSSR count). The van der Waals surface area contributed by atoms with Crippen molar-refractivity contribution >= 4 is 23.7 Å². The van der Waals surface area contributed by atoms with Crippen molar-refractivity contribution in [2.45, 2.75) is 33.0 Å². The first-order valence-corrected chi connectivity index (χ1v) is 9.82. The number of carbonyl (C=O) groups is 2. The van der Waals surface area contributed by atoms with Gasteiger partial charge in [0.05, 0.1) is 12.8 Å². The summed E-state index contributed by atoms with van der Waals surface area (Å²) in [6, 6.07) is 12.3. The average Bonchev–Trinajstić information content (AvgIpc) is 3.45. The quantitative estimate of drug-likeness (QED) is 0.628. The maximum Gasteiger partial charge on any atom is 0.402 e. The van der Waals surface area contributed by atoms with Crippen molar-refractivity contribution in [3.8, 4) is 0 Å². The normalized spacial score (nSPS) is 18.0. The van der Waals surface area contributed by atoms with Crippen molar-refractivity contribution in [2.24, 2.45) is 4.99 Å². The van der Waals surface area contributed by atoms with E-state index in [-0.39, 0.29) is 18.5 Å². The minimum atomic E-state index is -0.650. The molecule has 2 aliphatic heterocycles. The molecular weight excluding hydrogens is 382 g/mol. The number of aliphatic imine (C=N–C) groups is 1. The largest absolute Gasteiger partial charge is 0.466 e. The third kappa shape index (κ3) is 2.60. The van der Waals surface area contributed by atoms with Crippen LogP contribution in [0.2, 0.25) is 0 Å². The van der Waals surface area contributed by atoms with Crippen LogP contribution in [-0.4, -0.2) is 39.2 Å². The van der Waals surface area contributed by atoms with Gasteiger partial charge in [-0.2, -0.15) is 0 Å². The Bertz CT molecular complexity index is 1180. The van der Waals surface area contributed by atoms with Crippen molar-refractivity contribution in [3.05, 3.63) is 71.4 Å². The minimum absolute atomic E-state index is 0.230. The first-order chi connectivity index (χ1) is 14.5. The van der Waals surface area contributed by atoms with Crippen molar-refractivity contribution < 1.29 is 18.6 Å². The molecule has 1 unspecified atom stereocenters. The van der Waals surface area contributed by atoms with Crippen LogP contribution in [0.4, 0.5) is 10.7 Å². The second-order valence-corrected chi connectivity index (χ2v) is 7.63. The second-order valence-electron chi connectivity index (χ2n) is 7.63. The van der Waals surface area contributed by atoms with Gasteiger partial charge in [-0.1, -0.05) is 35.3 Å². The topological polar surface area (TPSA) is 74.9 Å². The maximum atomic E-state index is 13.5. The van der Waals surface area contributed by atoms with E-state index >= 15 is 0 Å². The number of amides is 3. The molecule has 1 saturated heterocycles. The minimum Gasteiger partial charge on any atom is -0.466 e. The van der Waals surface area contributed by atoms with Crippen LogP contribution in [0, 0.1) is 13.8 Å². The molecule has 0 bridgehead atoms. The van der Waals surface area contributed by atoms with Gasteiger partial charge in [-0.05, 0) is 31.5 Å². The van der Waals surface area contributed by atoms with Gasteiger partial charge in [-0.25, -0.2) is 13.9 Å². The Morgan fingerprint density at radius 1 is 1.10 bits per heavy atom. The monoisotopic (exact) mass is 404 g/mol. The lowest BCUT2D eigenvalue weighted by molar-refractivity contribution is -0.682. The Balaban J connectivity index is 1.56. The zero-order valence-electron chi connectivity index (χ0n) is 17.1. The number of rotatable bonds is 4. The number of amidine groups is 1. The molecule has 1 atom stereocenters. The van der Waals surface area contributed by atoms with Crippen LogP contribution in [0.1, 0.15) is 28.8 Å². The number of hydrogen-bond acceptors (Lipinski definition) is 4. The summed E-state index contributed by atoms with van der Waals surface area (Å²) in [5, 5.41) is 0. The van der Waals surface area contributed by atoms with E-state index in [2.05, 4.69) is 0 Å². The summed E-state index contributed by atoms with van der Waals surface area (Å²) in [6.07, 6.45) is 1.64. The average molecular weight is 404 g/mol. The van der Waals surface area contributed by atoms with Crippen LogP contribution >= 0.6 is 0 Å². The fourth-order valence-electron chi connectivity index (χ4n) is 4.16. The number of benzene rings is 1. The van der Waals surface area contributed by atoms with Gasteiger partial charge >= 0.3 is 12.0 Å². The number of urea groups is 1. The molecule has 0 N–H and O–H groups in total. The summed E-state index contributed by atoms with van der Waals surface area (Å²) in [4.78, 5) is 33.9. The van der Waals surface area contributed by atoms with Gasteiger partial charge < -0.3 is 4.42 Å². The number of imidazole rings is 1. The van der Waals surface area contributed by atoms with Crippen LogP contribution in [0.5, 0.6) is 0 Å². The van der Waals surface area contributed by atoms with Crippen molar-refractivity contribution in [1.29, 1.82) is 0 Å². The molecule has 152 valence electrons. The zero-order valence-corrected chi connectivity index (χ0v) is 17.1. The number of hydrogen-bond donors (Lipinski definition) is 0. The first kappa shape index (κ1) is 18.4. The molecule has 0 spiro atoms. The number of carbonyl (C=O) groups excluding carboxylic acids is 2. The Morgan fingerprint density at radius 2 is 1.87 bits per heavy atom. The zero-order chi connectivity index (χ0) is 21.0. The van der Waals surface area contributed by atoms with Gasteiger partial charge in [0, 0.05) is 7.05 Å². The molecule has 3 amide bonds. The Kier molecular flexibility index (Phi) is 4.09. The summed E-state index contributed by atoms with van der Waals surface area (Å²) in [6.45, 7) is 4.71. The summed E-state index contributed by atoms with van der Waals surface area (Å²) in [5.74, 6) is 1.65. The van der Waals surface area contributed by atoms with E-state index in [9.17, 15) is 9.59 Å². The van der Waals surface area contributed by atoms with Gasteiger partial charge in [-0.3, -0.25) is 14.6 Å². The Hall–Kier alpha value is -3.68. The molecular formula is C22H22N5O3+. The number of furan rings is 1. The van der Waals surface area contributed by atoms with Crippen LogP contribution < -0.4 is 4.57 Å². The third-order valence-corrected chi connectivity index (χ3v) is 5.90. The lowest BCUT2D eigenvalue weighted by Crippen LogP contribution is -2.57. The van der Waals surface area contributed by atoms with E-state index in [0.717, 1.165) is 22.7 Å². The molecule has 30 heavy (non-hydrogen) atoms. The van der Waals surface area contributed by atoms with E-state index in [0.29, 0.717) is 18.3 Å². The third-order valence-electron chi connectivity index (χ3n) is 5.90. The molecule has 2 aromatic heterocycles. The molecule has 4 heterocycles. The summed E-state index contributed by atoms with van der Waals surface area (Å²) < 4.78 is 9.45. The molecule has 0 aliphatic carbocycles. The molecule has 1 aromatic carbocycles. The van der Waals surface area contributed by atoms with Gasteiger partial charge in [0.15, 0.2) is 0 Å². The standard InChI is InChI=1S/C22H22N5O3/c1-14-15(2)27-18-19(23-21(27)25(14)13-17-10-7-11-30-17)24(3)22(29)26(20(18)28)12-16-8-5-4-6-9-16/h4-11,18H,12-13H2,1-3H3/q+1. The Morgan fingerprint density at radius 3 is 2.57 bits per heavy atom. The smallest absolute Gasteiger partial charge is 0.402 e. The van der Waals surface area contributed by atoms with Crippen LogP contribution in [0.15, 0.2) is 58.1 Å². The Labute approximate surface area is 173 Å². The number of likely N-dealkylation sites (N-methyl/N-ethyl adjacent to an activating group) is 1. The second kappa shape index (κ2) is 6.69. The molecule has 0 saturated carbocycles. The summed E-state index contributed by atoms with van der Waals surface area (Å²) in [5.41, 5.74) is 2.85. The maximum absolute atomic E-state index is 13.5. The van der Waals surface area contributed by atoms with E-state index < -0.39 is 6.04 Å². The van der Waals surface area contributed by atoms with Crippen molar-refractivity contribution in [3.63, 3.8) is 0 Å². The highest BCUT2D eigenvalue weighted by Gasteiger charge is 2.54. The van der Waals surface area contributed by atoms with Gasteiger partial charge in [0.1, 0.15) is 23.7 Å². The molecule has 3 aromatic rings. The lowest BCUT2D eigenvalue weighted by Gasteiger charge is -2.33. The SMILES string of the molecule is Cc1c(C)[n+](Cc2ccco2)c2n1C1C(=O)N(Cc3ccccc3)C(=O)N(C)C1=N2. The molecule has 8 nitrogen and oxygen atoms in total. The fraction of sp³-hybridized carbons (Fsp3) is 0.273. The van der Waals surface area contributed by atoms with Crippen LogP contribution in [-0.2, 0) is 17.9 Å². The number of aromatic nitrogens is 2. The van der Waals surface area contributed by atoms with Gasteiger partial charge in [-0.15, -0.1) is 0 Å². The predicted octanol–water partition coefficient (Wildman–Crippen LogP) is 2.71. The van der Waals surface area contributed by atoms with Crippen molar-refractivity contribution in [2.75, 3.05) is 7.05 Å². The van der Waals surface area contributed by atoms with Crippen LogP contribution in [0.3, 0.4) is 0 Å². The fourth-order valence-corrected chi connectivity index (χ4v) is 4.16. The van der Waals surface area contributed by atoms with E-state index in [1.807, 2.05) is 65.4 Å². The highest BCUT2D eigenvalue weighted by Crippen LogP contribution is 2.35. The number of imide groups is 1. The van der Waals surface area contributed by atoms with Gasteiger partial charge in [0.25, 0.3) is 5.91 Å². The molecule has 1 fully saturated rings. The van der Waals surface area contributed by atoms with Crippen LogP contribution in [0.25, 0.3) is 0 Å².